The predicted molar refractivity (Wildman–Crippen MR) is 142 cm³/mol. The van der Waals surface area contributed by atoms with Crippen LogP contribution in [0, 0.1) is 5.92 Å². The van der Waals surface area contributed by atoms with Crippen molar-refractivity contribution in [3.8, 4) is 11.5 Å². The number of fused-ring (bicyclic) bond motifs is 7. The maximum Gasteiger partial charge on any atom is 0.131 e. The molecule has 0 aromatic heterocycles. The molecular weight excluding hydrogens is 416 g/mol. The molecule has 2 aliphatic heterocycles. The smallest absolute Gasteiger partial charge is 0.131 e. The van der Waals surface area contributed by atoms with Crippen molar-refractivity contribution in [2.45, 2.75) is 64.9 Å². The van der Waals surface area contributed by atoms with Crippen LogP contribution in [-0.2, 0) is 0 Å². The highest BCUT2D eigenvalue weighted by Crippen LogP contribution is 2.55. The Morgan fingerprint density at radius 1 is 0.912 bits per heavy atom. The second kappa shape index (κ2) is 9.33. The summed E-state index contributed by atoms with van der Waals surface area (Å²) in [5, 5.41) is 2.44. The Morgan fingerprint density at radius 3 is 2.56 bits per heavy atom. The highest BCUT2D eigenvalue weighted by molar-refractivity contribution is 5.90. The normalized spacial score (nSPS) is 23.2. The fraction of sp³-hybridized carbons (Fsp3) is 0.375. The van der Waals surface area contributed by atoms with Crippen molar-refractivity contribution in [3.05, 3.63) is 95.1 Å². The molecule has 176 valence electrons. The van der Waals surface area contributed by atoms with Crippen LogP contribution in [0.25, 0.3) is 10.8 Å². The van der Waals surface area contributed by atoms with Crippen LogP contribution >= 0.6 is 0 Å². The molecule has 0 radical (unpaired) electrons. The minimum absolute atomic E-state index is 0.274. The van der Waals surface area contributed by atoms with E-state index in [1.54, 1.807) is 0 Å². The van der Waals surface area contributed by atoms with Gasteiger partial charge in [0, 0.05) is 28.3 Å². The molecule has 2 nitrogen and oxygen atoms in total. The topological polar surface area (TPSA) is 18.5 Å². The Kier molecular flexibility index (Phi) is 6.25. The van der Waals surface area contributed by atoms with Crippen LogP contribution in [0.4, 0.5) is 0 Å². The van der Waals surface area contributed by atoms with E-state index in [0.717, 1.165) is 37.2 Å². The third-order valence-corrected chi connectivity index (χ3v) is 7.66. The van der Waals surface area contributed by atoms with Crippen molar-refractivity contribution < 1.29 is 9.47 Å². The lowest BCUT2D eigenvalue weighted by atomic mass is 9.67. The monoisotopic (exact) mass is 452 g/mol. The lowest BCUT2D eigenvalue weighted by molar-refractivity contribution is -0.0320. The fourth-order valence-electron chi connectivity index (χ4n) is 5.73. The van der Waals surface area contributed by atoms with Crippen LogP contribution in [0.15, 0.2) is 84.0 Å². The first-order chi connectivity index (χ1) is 16.5. The van der Waals surface area contributed by atoms with Gasteiger partial charge in [0.15, 0.2) is 0 Å². The summed E-state index contributed by atoms with van der Waals surface area (Å²) in [6.07, 6.45) is 8.97. The number of hydrogen-bond donors (Lipinski definition) is 0. The average molecular weight is 453 g/mol. The van der Waals surface area contributed by atoms with Crippen molar-refractivity contribution in [2.75, 3.05) is 6.61 Å². The van der Waals surface area contributed by atoms with Crippen LogP contribution in [0.5, 0.6) is 11.5 Å². The molecule has 5 rings (SSSR count). The molecule has 0 fully saturated rings. The highest BCUT2D eigenvalue weighted by Gasteiger charge is 2.50. The molecule has 1 unspecified atom stereocenters. The van der Waals surface area contributed by atoms with Gasteiger partial charge < -0.3 is 9.47 Å². The van der Waals surface area contributed by atoms with Gasteiger partial charge in [0.25, 0.3) is 0 Å². The second-order valence-electron chi connectivity index (χ2n) is 10.5. The first-order valence-electron chi connectivity index (χ1n) is 12.7. The van der Waals surface area contributed by atoms with Gasteiger partial charge in [-0.25, -0.2) is 0 Å². The Labute approximate surface area is 204 Å². The number of rotatable bonds is 6. The van der Waals surface area contributed by atoms with Gasteiger partial charge in [0.2, 0.25) is 0 Å². The lowest BCUT2D eigenvalue weighted by Crippen LogP contribution is -2.51. The first kappa shape index (κ1) is 22.8. The van der Waals surface area contributed by atoms with Crippen molar-refractivity contribution in [2.24, 2.45) is 5.92 Å². The Bertz CT molecular complexity index is 1250. The highest BCUT2D eigenvalue weighted by atomic mass is 16.5. The quantitative estimate of drug-likeness (QED) is 0.349. The largest absolute Gasteiger partial charge is 0.493 e. The third kappa shape index (κ3) is 4.27. The minimum Gasteiger partial charge on any atom is -0.493 e. The van der Waals surface area contributed by atoms with Crippen LogP contribution in [0.3, 0.4) is 0 Å². The zero-order valence-corrected chi connectivity index (χ0v) is 20.9. The van der Waals surface area contributed by atoms with Crippen LogP contribution in [-0.4, -0.2) is 12.2 Å². The van der Waals surface area contributed by atoms with E-state index in [1.165, 1.54) is 33.0 Å². The maximum absolute atomic E-state index is 6.99. The fourth-order valence-corrected chi connectivity index (χ4v) is 5.73. The Morgan fingerprint density at radius 2 is 1.71 bits per heavy atom. The van der Waals surface area contributed by atoms with Gasteiger partial charge >= 0.3 is 0 Å². The molecule has 0 bridgehead atoms. The summed E-state index contributed by atoms with van der Waals surface area (Å²) in [4.78, 5) is 0. The first-order valence-corrected chi connectivity index (χ1v) is 12.7. The molecule has 0 saturated heterocycles. The molecule has 3 aromatic rings. The van der Waals surface area contributed by atoms with Crippen molar-refractivity contribution >= 4 is 10.8 Å². The van der Waals surface area contributed by atoms with Gasteiger partial charge in [-0.15, -0.1) is 0 Å². The second-order valence-corrected chi connectivity index (χ2v) is 10.5. The number of ether oxygens (including phenoxy) is 2. The van der Waals surface area contributed by atoms with E-state index in [2.05, 4.69) is 101 Å². The van der Waals surface area contributed by atoms with E-state index in [-0.39, 0.29) is 17.4 Å². The average Bonchev–Trinajstić information content (AvgIpc) is 2.83. The van der Waals surface area contributed by atoms with Crippen molar-refractivity contribution in [3.63, 3.8) is 0 Å². The van der Waals surface area contributed by atoms with Crippen molar-refractivity contribution in [1.82, 2.24) is 0 Å². The molecule has 0 saturated carbocycles. The number of hydrogen-bond acceptors (Lipinski definition) is 2. The zero-order valence-electron chi connectivity index (χ0n) is 20.9. The van der Waals surface area contributed by atoms with E-state index in [1.807, 2.05) is 0 Å². The minimum atomic E-state index is -0.300. The molecular formula is C32H36O2. The molecule has 2 aliphatic rings. The standard InChI is InChI=1S/C32H36O2/c1-22(2)11-9-12-23(3)13-10-20-32(4)28-21-33-29-17-8-7-16-26(29)30(28)27-19-18-24-14-5-6-15-25(24)31(27)34-32/h5-8,11,13-19,28,30H,9-10,12,20-21H2,1-4H3/b23-13+/t28-,30-,32?/m0/s1. The molecule has 34 heavy (non-hydrogen) atoms. The van der Waals surface area contributed by atoms with E-state index >= 15 is 0 Å². The number of allylic oxidation sites excluding steroid dienone is 4. The van der Waals surface area contributed by atoms with Gasteiger partial charge in [-0.1, -0.05) is 77.9 Å². The van der Waals surface area contributed by atoms with E-state index in [9.17, 15) is 0 Å². The summed E-state index contributed by atoms with van der Waals surface area (Å²) in [5.41, 5.74) is 5.14. The van der Waals surface area contributed by atoms with Crippen molar-refractivity contribution in [1.29, 1.82) is 0 Å². The number of benzene rings is 3. The molecule has 2 heteroatoms. The lowest BCUT2D eigenvalue weighted by Gasteiger charge is -2.49. The maximum atomic E-state index is 6.99. The molecule has 0 N–H and O–H groups in total. The Balaban J connectivity index is 1.50. The molecule has 3 atom stereocenters. The molecule has 3 aromatic carbocycles. The summed E-state index contributed by atoms with van der Waals surface area (Å²) in [5.74, 6) is 2.63. The van der Waals surface area contributed by atoms with Gasteiger partial charge in [-0.05, 0) is 64.8 Å². The van der Waals surface area contributed by atoms with Gasteiger partial charge in [-0.3, -0.25) is 0 Å². The molecule has 2 heterocycles. The molecule has 0 spiro atoms. The number of para-hydroxylation sites is 1. The zero-order chi connectivity index (χ0) is 23.7. The Hall–Kier alpha value is -3.00. The van der Waals surface area contributed by atoms with Gasteiger partial charge in [0.1, 0.15) is 17.1 Å². The van der Waals surface area contributed by atoms with Crippen LogP contribution in [0.2, 0.25) is 0 Å². The molecule has 0 aliphatic carbocycles. The summed E-state index contributed by atoms with van der Waals surface area (Å²) in [6, 6.07) is 21.7. The van der Waals surface area contributed by atoms with Gasteiger partial charge in [-0.2, -0.15) is 0 Å². The summed E-state index contributed by atoms with van der Waals surface area (Å²) in [7, 11) is 0. The summed E-state index contributed by atoms with van der Waals surface area (Å²) >= 11 is 0. The van der Waals surface area contributed by atoms with Crippen LogP contribution < -0.4 is 9.47 Å². The van der Waals surface area contributed by atoms with Crippen LogP contribution in [0.1, 0.15) is 70.4 Å². The van der Waals surface area contributed by atoms with E-state index in [4.69, 9.17) is 9.47 Å². The van der Waals surface area contributed by atoms with E-state index < -0.39 is 0 Å². The summed E-state index contributed by atoms with van der Waals surface area (Å²) in [6.45, 7) is 9.59. The SMILES string of the molecule is CC(C)=CCC/C(C)=C/CCC1(C)Oc2c(ccc3ccccc23)[C@@H]2c3ccccc3OC[C@@H]21. The van der Waals surface area contributed by atoms with Gasteiger partial charge in [0.05, 0.1) is 6.61 Å². The van der Waals surface area contributed by atoms with E-state index in [0.29, 0.717) is 6.61 Å². The summed E-state index contributed by atoms with van der Waals surface area (Å²) < 4.78 is 13.3. The molecule has 0 amide bonds. The predicted octanol–water partition coefficient (Wildman–Crippen LogP) is 8.60. The third-order valence-electron chi connectivity index (χ3n) is 7.66.